The van der Waals surface area contributed by atoms with Gasteiger partial charge in [0.1, 0.15) is 10.6 Å². The third-order valence-electron chi connectivity index (χ3n) is 4.78. The minimum atomic E-state index is -0.369. The number of aromatic nitrogens is 2. The van der Waals surface area contributed by atoms with Crippen molar-refractivity contribution >= 4 is 56.5 Å². The van der Waals surface area contributed by atoms with Gasteiger partial charge in [-0.2, -0.15) is 0 Å². The van der Waals surface area contributed by atoms with Gasteiger partial charge in [-0.3, -0.25) is 14.4 Å². The average molecular weight is 481 g/mol. The first kappa shape index (κ1) is 22.6. The Kier molecular flexibility index (Phi) is 6.47. The number of phenols is 1. The molecule has 0 aliphatic heterocycles. The van der Waals surface area contributed by atoms with Crippen LogP contribution in [0.25, 0.3) is 10.2 Å². The number of benzene rings is 2. The van der Waals surface area contributed by atoms with Crippen LogP contribution in [0.2, 0.25) is 0 Å². The molecule has 0 saturated carbocycles. The summed E-state index contributed by atoms with van der Waals surface area (Å²) in [6.07, 6.45) is 0. The molecule has 4 rings (SSSR count). The summed E-state index contributed by atoms with van der Waals surface area (Å²) in [5, 5.41) is 16.0. The standard InChI is InChI=1S/C23H20N4O4S2/c1-12-8-9-16(28)15(10-12)25-17(29)11-32-23-26-20(30)18-13(2)19(33-22(18)27-23)21(31)24-14-6-4-3-5-7-14/h3-10,28H,11H2,1-2H3,(H,24,31)(H,25,29)(H,26,27,30). The van der Waals surface area contributed by atoms with Gasteiger partial charge in [0, 0.05) is 5.69 Å². The lowest BCUT2D eigenvalue weighted by molar-refractivity contribution is -0.113. The van der Waals surface area contributed by atoms with Crippen molar-refractivity contribution in [2.45, 2.75) is 19.0 Å². The molecular weight excluding hydrogens is 460 g/mol. The van der Waals surface area contributed by atoms with Crippen molar-refractivity contribution in [1.29, 1.82) is 0 Å². The van der Waals surface area contributed by atoms with Crippen molar-refractivity contribution in [2.24, 2.45) is 0 Å². The van der Waals surface area contributed by atoms with Gasteiger partial charge in [0.15, 0.2) is 5.16 Å². The molecule has 0 aliphatic rings. The van der Waals surface area contributed by atoms with Gasteiger partial charge < -0.3 is 20.7 Å². The number of para-hydroxylation sites is 1. The predicted octanol–water partition coefficient (Wildman–Crippen LogP) is 4.29. The first-order chi connectivity index (χ1) is 15.8. The molecule has 10 heteroatoms. The molecular formula is C23H20N4O4S2. The fourth-order valence-corrected chi connectivity index (χ4v) is 4.98. The topological polar surface area (TPSA) is 124 Å². The maximum absolute atomic E-state index is 12.7. The highest BCUT2D eigenvalue weighted by Gasteiger charge is 2.20. The summed E-state index contributed by atoms with van der Waals surface area (Å²) < 4.78 is 0. The molecule has 2 aromatic heterocycles. The van der Waals surface area contributed by atoms with Crippen molar-refractivity contribution in [2.75, 3.05) is 16.4 Å². The van der Waals surface area contributed by atoms with E-state index >= 15 is 0 Å². The zero-order valence-electron chi connectivity index (χ0n) is 17.8. The van der Waals surface area contributed by atoms with Crippen molar-refractivity contribution in [3.63, 3.8) is 0 Å². The van der Waals surface area contributed by atoms with Gasteiger partial charge in [-0.1, -0.05) is 36.0 Å². The fourth-order valence-electron chi connectivity index (χ4n) is 3.19. The normalized spacial score (nSPS) is 10.8. The van der Waals surface area contributed by atoms with Crippen LogP contribution in [0.5, 0.6) is 5.75 Å². The Bertz CT molecular complexity index is 1410. The Morgan fingerprint density at radius 2 is 1.88 bits per heavy atom. The van der Waals surface area contributed by atoms with Gasteiger partial charge in [-0.25, -0.2) is 4.98 Å². The number of aryl methyl sites for hydroxylation is 2. The molecule has 8 nitrogen and oxygen atoms in total. The highest BCUT2D eigenvalue weighted by atomic mass is 32.2. The Labute approximate surface area is 197 Å². The number of anilines is 2. The van der Waals surface area contributed by atoms with Gasteiger partial charge in [-0.05, 0) is 49.2 Å². The number of phenolic OH excluding ortho intramolecular Hbond substituents is 1. The molecule has 2 heterocycles. The fraction of sp³-hybridized carbons (Fsp3) is 0.130. The third kappa shape index (κ3) is 5.07. The van der Waals surface area contributed by atoms with Crippen molar-refractivity contribution < 1.29 is 14.7 Å². The van der Waals surface area contributed by atoms with Crippen LogP contribution >= 0.6 is 23.1 Å². The molecule has 4 N–H and O–H groups in total. The van der Waals surface area contributed by atoms with E-state index in [2.05, 4.69) is 20.6 Å². The van der Waals surface area contributed by atoms with E-state index in [4.69, 9.17) is 0 Å². The molecule has 168 valence electrons. The molecule has 33 heavy (non-hydrogen) atoms. The molecule has 0 radical (unpaired) electrons. The van der Waals surface area contributed by atoms with Crippen LogP contribution in [-0.2, 0) is 4.79 Å². The highest BCUT2D eigenvalue weighted by molar-refractivity contribution is 7.99. The molecule has 0 saturated heterocycles. The van der Waals surface area contributed by atoms with Gasteiger partial charge in [-0.15, -0.1) is 11.3 Å². The number of nitrogens with one attached hydrogen (secondary N) is 3. The lowest BCUT2D eigenvalue weighted by Crippen LogP contribution is -2.15. The summed E-state index contributed by atoms with van der Waals surface area (Å²) in [6, 6.07) is 14.0. The van der Waals surface area contributed by atoms with Gasteiger partial charge in [0.2, 0.25) is 5.91 Å². The smallest absolute Gasteiger partial charge is 0.266 e. The molecule has 2 aromatic carbocycles. The molecule has 0 unspecified atom stereocenters. The lowest BCUT2D eigenvalue weighted by atomic mass is 10.2. The van der Waals surface area contributed by atoms with Crippen LogP contribution in [-0.4, -0.2) is 32.6 Å². The minimum Gasteiger partial charge on any atom is -0.506 e. The van der Waals surface area contributed by atoms with E-state index in [0.29, 0.717) is 32.0 Å². The first-order valence-electron chi connectivity index (χ1n) is 9.94. The lowest BCUT2D eigenvalue weighted by Gasteiger charge is -2.08. The number of rotatable bonds is 6. The second-order valence-corrected chi connectivity index (χ2v) is 9.25. The number of amides is 2. The summed E-state index contributed by atoms with van der Waals surface area (Å²) in [6.45, 7) is 3.56. The Morgan fingerprint density at radius 3 is 2.64 bits per heavy atom. The van der Waals surface area contributed by atoms with Crippen LogP contribution in [0.3, 0.4) is 0 Å². The summed E-state index contributed by atoms with van der Waals surface area (Å²) in [5.74, 6) is -0.711. The van der Waals surface area contributed by atoms with Crippen molar-refractivity contribution in [1.82, 2.24) is 9.97 Å². The molecule has 0 fully saturated rings. The van der Waals surface area contributed by atoms with Crippen LogP contribution < -0.4 is 16.2 Å². The van der Waals surface area contributed by atoms with Crippen LogP contribution in [0, 0.1) is 13.8 Å². The van der Waals surface area contributed by atoms with E-state index < -0.39 is 0 Å². The SMILES string of the molecule is Cc1ccc(O)c(NC(=O)CSc2nc3sc(C(=O)Nc4ccccc4)c(C)c3c(=O)[nH]2)c1. The zero-order valence-corrected chi connectivity index (χ0v) is 19.4. The number of aromatic amines is 1. The van der Waals surface area contributed by atoms with E-state index in [0.717, 1.165) is 28.7 Å². The molecule has 0 atom stereocenters. The summed E-state index contributed by atoms with van der Waals surface area (Å²) in [7, 11) is 0. The first-order valence-corrected chi connectivity index (χ1v) is 11.7. The number of nitrogens with zero attached hydrogens (tertiary/aromatic N) is 1. The van der Waals surface area contributed by atoms with E-state index in [1.54, 1.807) is 31.2 Å². The van der Waals surface area contributed by atoms with Gasteiger partial charge in [0.05, 0.1) is 21.7 Å². The van der Waals surface area contributed by atoms with E-state index in [-0.39, 0.29) is 34.0 Å². The molecule has 4 aromatic rings. The number of fused-ring (bicyclic) bond motifs is 1. The summed E-state index contributed by atoms with van der Waals surface area (Å²) in [5.41, 5.74) is 2.06. The molecule has 0 spiro atoms. The van der Waals surface area contributed by atoms with Crippen LogP contribution in [0.15, 0.2) is 58.5 Å². The second-order valence-electron chi connectivity index (χ2n) is 7.29. The summed E-state index contributed by atoms with van der Waals surface area (Å²) >= 11 is 2.19. The number of hydrogen-bond donors (Lipinski definition) is 4. The largest absolute Gasteiger partial charge is 0.506 e. The summed E-state index contributed by atoms with van der Waals surface area (Å²) in [4.78, 5) is 45.6. The third-order valence-corrected chi connectivity index (χ3v) is 6.84. The Balaban J connectivity index is 1.50. The number of aromatic hydroxyl groups is 1. The number of thiophene rings is 1. The number of H-pyrrole nitrogens is 1. The van der Waals surface area contributed by atoms with E-state index in [9.17, 15) is 19.5 Å². The van der Waals surface area contributed by atoms with Crippen molar-refractivity contribution in [3.8, 4) is 5.75 Å². The maximum atomic E-state index is 12.7. The van der Waals surface area contributed by atoms with Crippen molar-refractivity contribution in [3.05, 3.63) is 74.9 Å². The highest BCUT2D eigenvalue weighted by Crippen LogP contribution is 2.29. The number of carbonyl (C=O) groups excluding carboxylic acids is 2. The number of thioether (sulfide) groups is 1. The predicted molar refractivity (Wildman–Crippen MR) is 132 cm³/mol. The molecule has 0 bridgehead atoms. The van der Waals surface area contributed by atoms with Crippen LogP contribution in [0.4, 0.5) is 11.4 Å². The quantitative estimate of drug-likeness (QED) is 0.185. The monoisotopic (exact) mass is 480 g/mol. The van der Waals surface area contributed by atoms with E-state index in [1.807, 2.05) is 25.1 Å². The Hall–Kier alpha value is -3.63. The van der Waals surface area contributed by atoms with Gasteiger partial charge in [0.25, 0.3) is 11.5 Å². The van der Waals surface area contributed by atoms with Crippen LogP contribution in [0.1, 0.15) is 20.8 Å². The average Bonchev–Trinajstić information content (AvgIpc) is 3.12. The van der Waals surface area contributed by atoms with E-state index in [1.165, 1.54) is 6.07 Å². The Morgan fingerprint density at radius 1 is 1.12 bits per heavy atom. The maximum Gasteiger partial charge on any atom is 0.266 e. The second kappa shape index (κ2) is 9.47. The number of hydrogen-bond acceptors (Lipinski definition) is 7. The zero-order chi connectivity index (χ0) is 23.5. The molecule has 2 amide bonds. The minimum absolute atomic E-state index is 0.0203. The number of carbonyl (C=O) groups is 2. The van der Waals surface area contributed by atoms with Gasteiger partial charge >= 0.3 is 0 Å². The molecule has 0 aliphatic carbocycles.